The van der Waals surface area contributed by atoms with E-state index in [4.69, 9.17) is 9.15 Å². The van der Waals surface area contributed by atoms with Crippen molar-refractivity contribution in [1.29, 1.82) is 0 Å². The summed E-state index contributed by atoms with van der Waals surface area (Å²) in [7, 11) is 1.79. The Labute approximate surface area is 149 Å². The summed E-state index contributed by atoms with van der Waals surface area (Å²) in [6.07, 6.45) is 0.870. The molecule has 0 amide bonds. The van der Waals surface area contributed by atoms with Crippen LogP contribution in [0.2, 0.25) is 0 Å². The molecule has 1 atom stereocenters. The number of para-hydroxylation sites is 1. The van der Waals surface area contributed by atoms with Crippen molar-refractivity contribution >= 4 is 5.96 Å². The number of rotatable bonds is 3. The normalized spacial score (nSPS) is 19.1. The molecule has 0 saturated carbocycles. The molecule has 0 spiro atoms. The van der Waals surface area contributed by atoms with Gasteiger partial charge < -0.3 is 19.8 Å². The summed E-state index contributed by atoms with van der Waals surface area (Å²) >= 11 is 0. The van der Waals surface area contributed by atoms with Crippen LogP contribution in [0.1, 0.15) is 49.0 Å². The van der Waals surface area contributed by atoms with Gasteiger partial charge in [0.15, 0.2) is 5.96 Å². The summed E-state index contributed by atoms with van der Waals surface area (Å²) in [4.78, 5) is 4.38. The van der Waals surface area contributed by atoms with Gasteiger partial charge in [-0.15, -0.1) is 0 Å². The maximum absolute atomic E-state index is 6.10. The molecule has 0 saturated heterocycles. The third-order valence-corrected chi connectivity index (χ3v) is 4.50. The third-order valence-electron chi connectivity index (χ3n) is 4.50. The lowest BCUT2D eigenvalue weighted by Gasteiger charge is -2.38. The van der Waals surface area contributed by atoms with Crippen molar-refractivity contribution < 1.29 is 9.15 Å². The maximum atomic E-state index is 6.10. The molecule has 5 heteroatoms. The molecule has 2 heterocycles. The Morgan fingerprint density at radius 1 is 1.28 bits per heavy atom. The molecule has 25 heavy (non-hydrogen) atoms. The van der Waals surface area contributed by atoms with Crippen LogP contribution in [0.25, 0.3) is 0 Å². The number of furan rings is 1. The van der Waals surface area contributed by atoms with E-state index in [1.807, 2.05) is 32.0 Å². The van der Waals surface area contributed by atoms with E-state index in [-0.39, 0.29) is 11.6 Å². The summed E-state index contributed by atoms with van der Waals surface area (Å²) in [5.74, 6) is 3.58. The van der Waals surface area contributed by atoms with Crippen LogP contribution in [0.4, 0.5) is 0 Å². The molecule has 3 rings (SSSR count). The zero-order valence-electron chi connectivity index (χ0n) is 15.6. The van der Waals surface area contributed by atoms with E-state index in [2.05, 4.69) is 41.6 Å². The van der Waals surface area contributed by atoms with E-state index in [1.165, 1.54) is 5.56 Å². The zero-order valence-corrected chi connectivity index (χ0v) is 15.6. The van der Waals surface area contributed by atoms with Gasteiger partial charge in [-0.05, 0) is 39.8 Å². The topological polar surface area (TPSA) is 58.8 Å². The number of hydrogen-bond acceptors (Lipinski definition) is 3. The minimum atomic E-state index is -0.219. The smallest absolute Gasteiger partial charge is 0.191 e. The molecule has 2 aromatic rings. The maximum Gasteiger partial charge on any atom is 0.191 e. The van der Waals surface area contributed by atoms with Gasteiger partial charge in [-0.25, -0.2) is 0 Å². The minimum absolute atomic E-state index is 0.151. The average Bonchev–Trinajstić information content (AvgIpc) is 2.87. The Bertz CT molecular complexity index is 777. The van der Waals surface area contributed by atoms with E-state index >= 15 is 0 Å². The van der Waals surface area contributed by atoms with Crippen molar-refractivity contribution in [2.24, 2.45) is 4.99 Å². The van der Waals surface area contributed by atoms with E-state index in [1.54, 1.807) is 7.05 Å². The first-order valence-electron chi connectivity index (χ1n) is 8.69. The molecule has 2 N–H and O–H groups in total. The molecular weight excluding hydrogens is 314 g/mol. The molecule has 134 valence electrons. The van der Waals surface area contributed by atoms with E-state index in [0.717, 1.165) is 35.2 Å². The van der Waals surface area contributed by atoms with Crippen LogP contribution in [0, 0.1) is 13.8 Å². The van der Waals surface area contributed by atoms with Crippen LogP contribution in [-0.2, 0) is 6.54 Å². The Balaban J connectivity index is 1.72. The predicted molar refractivity (Wildman–Crippen MR) is 100 cm³/mol. The van der Waals surface area contributed by atoms with Crippen molar-refractivity contribution in [1.82, 2.24) is 10.6 Å². The molecule has 0 radical (unpaired) electrons. The van der Waals surface area contributed by atoms with Gasteiger partial charge in [-0.1, -0.05) is 18.2 Å². The van der Waals surface area contributed by atoms with Crippen LogP contribution in [0.3, 0.4) is 0 Å². The Kier molecular flexibility index (Phi) is 4.75. The van der Waals surface area contributed by atoms with Gasteiger partial charge in [0.1, 0.15) is 22.9 Å². The first-order chi connectivity index (χ1) is 11.9. The number of ether oxygens (including phenoxy) is 1. The number of nitrogens with zero attached hydrogens (tertiary/aromatic N) is 1. The molecule has 1 aliphatic rings. The van der Waals surface area contributed by atoms with Gasteiger partial charge in [0.05, 0.1) is 6.04 Å². The molecule has 1 aromatic heterocycles. The first kappa shape index (κ1) is 17.4. The predicted octanol–water partition coefficient (Wildman–Crippen LogP) is 3.86. The minimum Gasteiger partial charge on any atom is -0.487 e. The van der Waals surface area contributed by atoms with E-state index in [9.17, 15) is 0 Å². The monoisotopic (exact) mass is 341 g/mol. The Hall–Kier alpha value is -2.43. The lowest BCUT2D eigenvalue weighted by Crippen LogP contribution is -2.45. The highest BCUT2D eigenvalue weighted by atomic mass is 16.5. The molecule has 0 aliphatic carbocycles. The van der Waals surface area contributed by atoms with Crippen molar-refractivity contribution in [3.05, 3.63) is 53.0 Å². The number of nitrogens with one attached hydrogen (secondary N) is 2. The molecule has 1 aliphatic heterocycles. The summed E-state index contributed by atoms with van der Waals surface area (Å²) in [6, 6.07) is 10.4. The van der Waals surface area contributed by atoms with Gasteiger partial charge in [-0.2, -0.15) is 0 Å². The second-order valence-electron chi connectivity index (χ2n) is 7.16. The van der Waals surface area contributed by atoms with Crippen molar-refractivity contribution in [2.75, 3.05) is 7.05 Å². The van der Waals surface area contributed by atoms with E-state index < -0.39 is 0 Å². The first-order valence-corrected chi connectivity index (χ1v) is 8.69. The van der Waals surface area contributed by atoms with Crippen molar-refractivity contribution in [3.8, 4) is 5.75 Å². The molecule has 1 unspecified atom stereocenters. The van der Waals surface area contributed by atoms with Gasteiger partial charge in [0.25, 0.3) is 0 Å². The number of aryl methyl sites for hydroxylation is 2. The van der Waals surface area contributed by atoms with Crippen molar-refractivity contribution in [3.63, 3.8) is 0 Å². The van der Waals surface area contributed by atoms with Crippen LogP contribution < -0.4 is 15.4 Å². The van der Waals surface area contributed by atoms with Gasteiger partial charge in [-0.3, -0.25) is 4.99 Å². The van der Waals surface area contributed by atoms with Gasteiger partial charge in [0.2, 0.25) is 0 Å². The van der Waals surface area contributed by atoms with Gasteiger partial charge in [0, 0.05) is 31.1 Å². The number of guanidine groups is 1. The highest BCUT2D eigenvalue weighted by Crippen LogP contribution is 2.39. The SMILES string of the molecule is CN=C(NCc1cc(C)oc1C)NC1CC(C)(C)Oc2ccccc21. The van der Waals surface area contributed by atoms with Crippen LogP contribution in [0.15, 0.2) is 39.7 Å². The quantitative estimate of drug-likeness (QED) is 0.657. The number of fused-ring (bicyclic) bond motifs is 1. The van der Waals surface area contributed by atoms with Gasteiger partial charge >= 0.3 is 0 Å². The molecule has 5 nitrogen and oxygen atoms in total. The number of hydrogen-bond donors (Lipinski definition) is 2. The Morgan fingerprint density at radius 2 is 2.04 bits per heavy atom. The standard InChI is InChI=1S/C20H27N3O2/c1-13-10-15(14(2)24-13)12-22-19(21-5)23-17-11-20(3,4)25-18-9-7-6-8-16(17)18/h6-10,17H,11-12H2,1-5H3,(H2,21,22,23). The number of benzene rings is 1. The molecule has 0 fully saturated rings. The Morgan fingerprint density at radius 3 is 2.72 bits per heavy atom. The third kappa shape index (κ3) is 3.98. The molecular formula is C20H27N3O2. The molecule has 1 aromatic carbocycles. The zero-order chi connectivity index (χ0) is 18.0. The lowest BCUT2D eigenvalue weighted by molar-refractivity contribution is 0.0694. The summed E-state index contributed by atoms with van der Waals surface area (Å²) in [5, 5.41) is 6.93. The van der Waals surface area contributed by atoms with Crippen LogP contribution >= 0.6 is 0 Å². The fraction of sp³-hybridized carbons (Fsp3) is 0.450. The lowest BCUT2D eigenvalue weighted by atomic mass is 9.90. The molecule has 0 bridgehead atoms. The van der Waals surface area contributed by atoms with E-state index in [0.29, 0.717) is 6.54 Å². The largest absolute Gasteiger partial charge is 0.487 e. The van der Waals surface area contributed by atoms with Crippen LogP contribution in [0.5, 0.6) is 5.75 Å². The average molecular weight is 341 g/mol. The number of aliphatic imine (C=N–C) groups is 1. The second-order valence-corrected chi connectivity index (χ2v) is 7.16. The van der Waals surface area contributed by atoms with Crippen LogP contribution in [-0.4, -0.2) is 18.6 Å². The second kappa shape index (κ2) is 6.82. The summed E-state index contributed by atoms with van der Waals surface area (Å²) in [5.41, 5.74) is 2.09. The fourth-order valence-corrected chi connectivity index (χ4v) is 3.33. The fourth-order valence-electron chi connectivity index (χ4n) is 3.33. The highest BCUT2D eigenvalue weighted by molar-refractivity contribution is 5.80. The highest BCUT2D eigenvalue weighted by Gasteiger charge is 2.33. The van der Waals surface area contributed by atoms with Crippen molar-refractivity contribution in [2.45, 2.75) is 52.3 Å². The summed E-state index contributed by atoms with van der Waals surface area (Å²) in [6.45, 7) is 8.86. The summed E-state index contributed by atoms with van der Waals surface area (Å²) < 4.78 is 11.7.